The first kappa shape index (κ1) is 24.2. The highest BCUT2D eigenvalue weighted by Crippen LogP contribution is 2.40. The zero-order valence-corrected chi connectivity index (χ0v) is 21.7. The zero-order valence-electron chi connectivity index (χ0n) is 20.9. The fraction of sp³-hybridized carbons (Fsp3) is 0.464. The molecule has 1 atom stereocenters. The Labute approximate surface area is 211 Å². The molecule has 2 saturated heterocycles. The Morgan fingerprint density at radius 3 is 2.34 bits per heavy atom. The van der Waals surface area contributed by atoms with Crippen LogP contribution in [0.4, 0.5) is 10.1 Å². The van der Waals surface area contributed by atoms with Crippen LogP contribution in [0.25, 0.3) is 16.6 Å². The molecule has 1 aromatic heterocycles. The highest BCUT2D eigenvalue weighted by atomic mass is 32.2. The van der Waals surface area contributed by atoms with Gasteiger partial charge in [-0.2, -0.15) is 0 Å². The molecule has 2 aromatic carbocycles. The number of unbranched alkanes of at least 4 members (excludes halogenated alkanes) is 1. The molecule has 2 fully saturated rings. The average Bonchev–Trinajstić information content (AvgIpc) is 3.32. The number of piperazine rings is 1. The van der Waals surface area contributed by atoms with E-state index in [4.69, 9.17) is 0 Å². The number of hydrogen-bond donors (Lipinski definition) is 0. The van der Waals surface area contributed by atoms with Crippen LogP contribution in [-0.2, 0) is 4.79 Å². The highest BCUT2D eigenvalue weighted by molar-refractivity contribution is 8.02. The van der Waals surface area contributed by atoms with Gasteiger partial charge in [0.05, 0.1) is 21.3 Å². The Kier molecular flexibility index (Phi) is 6.82. The number of hydrogen-bond acceptors (Lipinski definition) is 4. The van der Waals surface area contributed by atoms with Crippen molar-refractivity contribution in [2.24, 2.45) is 0 Å². The molecule has 0 saturated carbocycles. The van der Waals surface area contributed by atoms with E-state index >= 15 is 0 Å². The molecule has 1 amide bonds. The molecular weight excluding hydrogens is 459 g/mol. The van der Waals surface area contributed by atoms with Crippen molar-refractivity contribution in [3.05, 3.63) is 60.5 Å². The molecule has 0 bridgehead atoms. The molecule has 1 unspecified atom stereocenters. The number of aromatic nitrogens is 1. The van der Waals surface area contributed by atoms with Gasteiger partial charge in [-0.25, -0.2) is 4.39 Å². The van der Waals surface area contributed by atoms with Crippen molar-refractivity contribution in [3.63, 3.8) is 0 Å². The van der Waals surface area contributed by atoms with Gasteiger partial charge in [0.2, 0.25) is 5.91 Å². The van der Waals surface area contributed by atoms with Gasteiger partial charge in [-0.1, -0.05) is 18.2 Å². The summed E-state index contributed by atoms with van der Waals surface area (Å²) in [7, 11) is 0. The first-order valence-electron chi connectivity index (χ1n) is 12.7. The van der Waals surface area contributed by atoms with Crippen LogP contribution in [0.2, 0.25) is 0 Å². The summed E-state index contributed by atoms with van der Waals surface area (Å²) in [6.07, 6.45) is 4.37. The molecule has 0 radical (unpaired) electrons. The number of carbonyl (C=O) groups is 1. The minimum atomic E-state index is -0.282. The van der Waals surface area contributed by atoms with Crippen molar-refractivity contribution < 1.29 is 9.18 Å². The summed E-state index contributed by atoms with van der Waals surface area (Å²) in [5, 5.41) is 1.51. The number of anilines is 1. The summed E-state index contributed by atoms with van der Waals surface area (Å²) < 4.78 is 15.3. The SMILES string of the molecule is CC1SC(C)(C)C(=O)N1CCCCN1CCN(c2cn(-c3ccc(F)cc3)c3ccccc23)CC1. The molecule has 35 heavy (non-hydrogen) atoms. The van der Waals surface area contributed by atoms with Gasteiger partial charge in [0.15, 0.2) is 0 Å². The summed E-state index contributed by atoms with van der Waals surface area (Å²) >= 11 is 1.77. The molecule has 2 aliphatic heterocycles. The Morgan fingerprint density at radius 1 is 0.971 bits per heavy atom. The normalized spacial score (nSPS) is 20.8. The van der Waals surface area contributed by atoms with Crippen molar-refractivity contribution in [2.45, 2.75) is 43.7 Å². The molecule has 7 heteroatoms. The maximum atomic E-state index is 13.5. The van der Waals surface area contributed by atoms with Crippen LogP contribution >= 0.6 is 11.8 Å². The third-order valence-corrected chi connectivity index (χ3v) is 8.67. The lowest BCUT2D eigenvalue weighted by molar-refractivity contribution is -0.131. The summed E-state index contributed by atoms with van der Waals surface area (Å²) in [5.74, 6) is 0.0641. The molecule has 3 aromatic rings. The molecular formula is C28H35FN4OS. The number of nitrogens with zero attached hydrogens (tertiary/aromatic N) is 4. The number of fused-ring (bicyclic) bond motifs is 1. The van der Waals surface area contributed by atoms with E-state index in [1.807, 2.05) is 26.0 Å². The van der Waals surface area contributed by atoms with Crippen molar-refractivity contribution in [1.29, 1.82) is 0 Å². The largest absolute Gasteiger partial charge is 0.367 e. The van der Waals surface area contributed by atoms with Crippen LogP contribution in [0.1, 0.15) is 33.6 Å². The Hall–Kier alpha value is -2.51. The summed E-state index contributed by atoms with van der Waals surface area (Å²) in [6, 6.07) is 15.1. The van der Waals surface area contributed by atoms with Gasteiger partial charge in [-0.3, -0.25) is 9.69 Å². The number of para-hydroxylation sites is 1. The van der Waals surface area contributed by atoms with Crippen LogP contribution in [0.3, 0.4) is 0 Å². The lowest BCUT2D eigenvalue weighted by Crippen LogP contribution is -2.46. The molecule has 5 rings (SSSR count). The second-order valence-corrected chi connectivity index (χ2v) is 12.1. The lowest BCUT2D eigenvalue weighted by Gasteiger charge is -2.36. The lowest BCUT2D eigenvalue weighted by atomic mass is 10.1. The van der Waals surface area contributed by atoms with E-state index in [9.17, 15) is 9.18 Å². The van der Waals surface area contributed by atoms with Crippen molar-refractivity contribution in [3.8, 4) is 5.69 Å². The van der Waals surface area contributed by atoms with Gasteiger partial charge >= 0.3 is 0 Å². The van der Waals surface area contributed by atoms with E-state index < -0.39 is 0 Å². The molecule has 0 N–H and O–H groups in total. The zero-order chi connectivity index (χ0) is 24.6. The van der Waals surface area contributed by atoms with Gasteiger partial charge in [0, 0.05) is 50.0 Å². The number of carbonyl (C=O) groups excluding carboxylic acids is 1. The van der Waals surface area contributed by atoms with Crippen molar-refractivity contribution in [1.82, 2.24) is 14.4 Å². The smallest absolute Gasteiger partial charge is 0.239 e. The van der Waals surface area contributed by atoms with Crippen LogP contribution in [0.15, 0.2) is 54.7 Å². The number of rotatable bonds is 7. The number of thioether (sulfide) groups is 1. The minimum absolute atomic E-state index is 0.217. The number of halogens is 1. The second-order valence-electron chi connectivity index (χ2n) is 10.1. The molecule has 5 nitrogen and oxygen atoms in total. The fourth-order valence-corrected chi connectivity index (χ4v) is 6.79. The van der Waals surface area contributed by atoms with E-state index in [0.717, 1.165) is 63.3 Å². The van der Waals surface area contributed by atoms with E-state index in [2.05, 4.69) is 56.7 Å². The van der Waals surface area contributed by atoms with E-state index in [-0.39, 0.29) is 21.8 Å². The van der Waals surface area contributed by atoms with Crippen LogP contribution < -0.4 is 4.90 Å². The Morgan fingerprint density at radius 2 is 1.66 bits per heavy atom. The van der Waals surface area contributed by atoms with Crippen LogP contribution in [-0.4, -0.2) is 69.7 Å². The van der Waals surface area contributed by atoms with Gasteiger partial charge in [0.1, 0.15) is 5.82 Å². The fourth-order valence-electron chi connectivity index (χ4n) is 5.39. The van der Waals surface area contributed by atoms with Crippen molar-refractivity contribution >= 4 is 34.3 Å². The quantitative estimate of drug-likeness (QED) is 0.413. The predicted octanol–water partition coefficient (Wildman–Crippen LogP) is 5.37. The third kappa shape index (κ3) is 4.94. The molecule has 0 spiro atoms. The topological polar surface area (TPSA) is 31.7 Å². The first-order chi connectivity index (χ1) is 16.8. The first-order valence-corrected chi connectivity index (χ1v) is 13.5. The van der Waals surface area contributed by atoms with Crippen LogP contribution in [0.5, 0.6) is 0 Å². The predicted molar refractivity (Wildman–Crippen MR) is 144 cm³/mol. The molecule has 3 heterocycles. The maximum Gasteiger partial charge on any atom is 0.239 e. The van der Waals surface area contributed by atoms with E-state index in [1.165, 1.54) is 23.2 Å². The maximum absolute atomic E-state index is 13.5. The summed E-state index contributed by atoms with van der Waals surface area (Å²) in [4.78, 5) is 19.7. The van der Waals surface area contributed by atoms with E-state index in [1.54, 1.807) is 11.8 Å². The van der Waals surface area contributed by atoms with E-state index in [0.29, 0.717) is 0 Å². The van der Waals surface area contributed by atoms with Gasteiger partial charge in [0.25, 0.3) is 0 Å². The summed E-state index contributed by atoms with van der Waals surface area (Å²) in [6.45, 7) is 12.2. The molecule has 0 aliphatic carbocycles. The Balaban J connectivity index is 1.17. The monoisotopic (exact) mass is 494 g/mol. The van der Waals surface area contributed by atoms with Gasteiger partial charge < -0.3 is 14.4 Å². The Bertz CT molecular complexity index is 1180. The molecule has 2 aliphatic rings. The molecule has 186 valence electrons. The third-order valence-electron chi connectivity index (χ3n) is 7.31. The van der Waals surface area contributed by atoms with Crippen LogP contribution in [0, 0.1) is 5.82 Å². The average molecular weight is 495 g/mol. The summed E-state index contributed by atoms with van der Waals surface area (Å²) in [5.41, 5.74) is 3.36. The highest BCUT2D eigenvalue weighted by Gasteiger charge is 2.43. The standard InChI is InChI=1S/C28H35FN4OS/c1-21-32(27(34)28(2,3)35-21)15-7-6-14-30-16-18-31(19-17-30)26-20-33(23-12-10-22(29)11-13-23)25-9-5-4-8-24(25)26/h4-5,8-13,20-21H,6-7,14-19H2,1-3H3. The second kappa shape index (κ2) is 9.86. The number of amides is 1. The van der Waals surface area contributed by atoms with Crippen molar-refractivity contribution in [2.75, 3.05) is 44.2 Å². The minimum Gasteiger partial charge on any atom is -0.367 e. The van der Waals surface area contributed by atoms with Gasteiger partial charge in [-0.15, -0.1) is 11.8 Å². The van der Waals surface area contributed by atoms with Gasteiger partial charge in [-0.05, 0) is 70.5 Å². The number of benzene rings is 2.